The number of aromatic nitrogens is 1. The Labute approximate surface area is 155 Å². The van der Waals surface area contributed by atoms with E-state index in [9.17, 15) is 9.59 Å². The summed E-state index contributed by atoms with van der Waals surface area (Å²) in [6.07, 6.45) is 1.85. The van der Waals surface area contributed by atoms with Crippen molar-refractivity contribution < 1.29 is 19.2 Å². The van der Waals surface area contributed by atoms with Gasteiger partial charge < -0.3 is 14.5 Å². The lowest BCUT2D eigenvalue weighted by Gasteiger charge is -2.20. The van der Waals surface area contributed by atoms with Gasteiger partial charge in [-0.05, 0) is 12.5 Å². The summed E-state index contributed by atoms with van der Waals surface area (Å²) in [6, 6.07) is 7.16. The van der Waals surface area contributed by atoms with Gasteiger partial charge in [-0.15, -0.1) is 11.3 Å². The molecule has 1 amide bonds. The largest absolute Gasteiger partial charge is 0.467 e. The predicted octanol–water partition coefficient (Wildman–Crippen LogP) is 2.51. The molecule has 0 N–H and O–H groups in total. The third-order valence-corrected chi connectivity index (χ3v) is 5.22. The molecule has 1 aromatic carbocycles. The van der Waals surface area contributed by atoms with Gasteiger partial charge in [0.25, 0.3) is 5.91 Å². The summed E-state index contributed by atoms with van der Waals surface area (Å²) in [6.45, 7) is 2.23. The van der Waals surface area contributed by atoms with Crippen LogP contribution in [0.15, 0.2) is 35.6 Å². The van der Waals surface area contributed by atoms with E-state index >= 15 is 0 Å². The Balaban J connectivity index is 1.87. The number of hydrogen-bond donors (Lipinski definition) is 0. The molecule has 0 bridgehead atoms. The minimum atomic E-state index is -0.703. The molecular weight excluding hydrogens is 354 g/mol. The molecule has 7 nitrogen and oxygen atoms in total. The Morgan fingerprint density at radius 3 is 2.77 bits per heavy atom. The van der Waals surface area contributed by atoms with E-state index in [1.807, 2.05) is 31.2 Å². The van der Waals surface area contributed by atoms with Gasteiger partial charge in [0, 0.05) is 12.0 Å². The SMILES string of the molecule is CON=C1C[C@@H](C(=O)OC)N(C(=O)c2cnc(-c3ccccc3C)s2)C1. The first-order valence-corrected chi connectivity index (χ1v) is 8.86. The molecule has 8 heteroatoms. The fraction of sp³-hybridized carbons (Fsp3) is 0.333. The van der Waals surface area contributed by atoms with Crippen molar-refractivity contribution in [3.05, 3.63) is 40.9 Å². The molecule has 3 rings (SSSR count). The van der Waals surface area contributed by atoms with Crippen LogP contribution in [-0.2, 0) is 14.4 Å². The first-order valence-electron chi connectivity index (χ1n) is 8.04. The van der Waals surface area contributed by atoms with Crippen LogP contribution in [0.25, 0.3) is 10.6 Å². The van der Waals surface area contributed by atoms with Crippen LogP contribution in [0.1, 0.15) is 21.7 Å². The average Bonchev–Trinajstić information content (AvgIpc) is 3.29. The Morgan fingerprint density at radius 1 is 1.31 bits per heavy atom. The smallest absolute Gasteiger partial charge is 0.329 e. The average molecular weight is 373 g/mol. The van der Waals surface area contributed by atoms with Crippen LogP contribution in [0.2, 0.25) is 0 Å². The molecule has 2 heterocycles. The molecule has 26 heavy (non-hydrogen) atoms. The van der Waals surface area contributed by atoms with Crippen LogP contribution in [0.4, 0.5) is 0 Å². The number of nitrogens with zero attached hydrogens (tertiary/aromatic N) is 3. The number of rotatable bonds is 4. The highest BCUT2D eigenvalue weighted by Crippen LogP contribution is 2.30. The maximum atomic E-state index is 12.9. The number of likely N-dealkylation sites (tertiary alicyclic amines) is 1. The zero-order valence-electron chi connectivity index (χ0n) is 14.8. The monoisotopic (exact) mass is 373 g/mol. The van der Waals surface area contributed by atoms with Gasteiger partial charge in [-0.25, -0.2) is 9.78 Å². The number of hydrogen-bond acceptors (Lipinski definition) is 7. The number of thiazole rings is 1. The number of amides is 1. The molecule has 1 atom stereocenters. The van der Waals surface area contributed by atoms with Crippen molar-refractivity contribution in [1.82, 2.24) is 9.88 Å². The Hall–Kier alpha value is -2.74. The van der Waals surface area contributed by atoms with E-state index in [1.54, 1.807) is 6.20 Å². The van der Waals surface area contributed by atoms with Crippen molar-refractivity contribution in [2.24, 2.45) is 5.16 Å². The minimum absolute atomic E-state index is 0.226. The lowest BCUT2D eigenvalue weighted by atomic mass is 10.1. The fourth-order valence-corrected chi connectivity index (χ4v) is 3.87. The van der Waals surface area contributed by atoms with Gasteiger partial charge in [-0.1, -0.05) is 29.4 Å². The highest BCUT2D eigenvalue weighted by molar-refractivity contribution is 7.16. The molecule has 0 aliphatic carbocycles. The van der Waals surface area contributed by atoms with Crippen LogP contribution in [-0.4, -0.2) is 54.3 Å². The zero-order chi connectivity index (χ0) is 18.7. The summed E-state index contributed by atoms with van der Waals surface area (Å²) in [5.74, 6) is -0.734. The van der Waals surface area contributed by atoms with E-state index in [0.29, 0.717) is 17.0 Å². The highest BCUT2D eigenvalue weighted by Gasteiger charge is 2.39. The molecule has 1 aliphatic rings. The van der Waals surface area contributed by atoms with Gasteiger partial charge in [-0.3, -0.25) is 4.79 Å². The van der Waals surface area contributed by atoms with Crippen molar-refractivity contribution in [2.45, 2.75) is 19.4 Å². The molecule has 0 unspecified atom stereocenters. The van der Waals surface area contributed by atoms with Gasteiger partial charge in [0.1, 0.15) is 23.0 Å². The first kappa shape index (κ1) is 18.1. The number of aryl methyl sites for hydroxylation is 1. The van der Waals surface area contributed by atoms with Crippen molar-refractivity contribution in [1.29, 1.82) is 0 Å². The van der Waals surface area contributed by atoms with Gasteiger partial charge in [-0.2, -0.15) is 0 Å². The van der Waals surface area contributed by atoms with Crippen LogP contribution in [0.3, 0.4) is 0 Å². The van der Waals surface area contributed by atoms with Crippen molar-refractivity contribution in [3.63, 3.8) is 0 Å². The van der Waals surface area contributed by atoms with E-state index in [2.05, 4.69) is 10.1 Å². The van der Waals surface area contributed by atoms with Gasteiger partial charge in [0.15, 0.2) is 0 Å². The predicted molar refractivity (Wildman–Crippen MR) is 98.2 cm³/mol. The third-order valence-electron chi connectivity index (χ3n) is 4.20. The second-order valence-electron chi connectivity index (χ2n) is 5.86. The third kappa shape index (κ3) is 3.45. The summed E-state index contributed by atoms with van der Waals surface area (Å²) >= 11 is 1.31. The maximum absolute atomic E-state index is 12.9. The molecule has 1 fully saturated rings. The van der Waals surface area contributed by atoms with E-state index in [4.69, 9.17) is 9.57 Å². The van der Waals surface area contributed by atoms with Gasteiger partial charge in [0.05, 0.1) is 25.6 Å². The number of oxime groups is 1. The fourth-order valence-electron chi connectivity index (χ4n) is 2.91. The standard InChI is InChI=1S/C18H19N3O4S/c1-11-6-4-5-7-13(11)16-19-9-15(26-16)17(22)21-10-12(20-25-3)8-14(21)18(23)24-2/h4-7,9,14H,8,10H2,1-3H3/t14-/m0/s1. The van der Waals surface area contributed by atoms with Crippen molar-refractivity contribution in [2.75, 3.05) is 20.8 Å². The number of carbonyl (C=O) groups excluding carboxylic acids is 2. The molecule has 0 saturated carbocycles. The first-order chi connectivity index (χ1) is 12.5. The van der Waals surface area contributed by atoms with Gasteiger partial charge >= 0.3 is 5.97 Å². The van der Waals surface area contributed by atoms with Crippen LogP contribution < -0.4 is 0 Å². The molecule has 136 valence electrons. The molecule has 0 radical (unpaired) electrons. The number of esters is 1. The summed E-state index contributed by atoms with van der Waals surface area (Å²) in [4.78, 5) is 36.1. The number of benzene rings is 1. The number of ether oxygens (including phenoxy) is 1. The summed E-state index contributed by atoms with van der Waals surface area (Å²) in [7, 11) is 2.74. The summed E-state index contributed by atoms with van der Waals surface area (Å²) in [5.41, 5.74) is 2.70. The van der Waals surface area contributed by atoms with Crippen LogP contribution in [0.5, 0.6) is 0 Å². The van der Waals surface area contributed by atoms with E-state index < -0.39 is 12.0 Å². The quantitative estimate of drug-likeness (QED) is 0.608. The molecule has 1 saturated heterocycles. The van der Waals surface area contributed by atoms with Gasteiger partial charge in [0.2, 0.25) is 0 Å². The maximum Gasteiger partial charge on any atom is 0.329 e. The second kappa shape index (κ2) is 7.65. The highest BCUT2D eigenvalue weighted by atomic mass is 32.1. The molecule has 0 spiro atoms. The van der Waals surface area contributed by atoms with Crippen molar-refractivity contribution in [3.8, 4) is 10.6 Å². The van der Waals surface area contributed by atoms with E-state index in [-0.39, 0.29) is 12.5 Å². The molecule has 1 aliphatic heterocycles. The topological polar surface area (TPSA) is 81.1 Å². The number of carbonyl (C=O) groups is 2. The Morgan fingerprint density at radius 2 is 2.08 bits per heavy atom. The van der Waals surface area contributed by atoms with Crippen LogP contribution in [0, 0.1) is 6.92 Å². The molecule has 2 aromatic rings. The molecular formula is C18H19N3O4S. The van der Waals surface area contributed by atoms with Crippen LogP contribution >= 0.6 is 11.3 Å². The Bertz CT molecular complexity index is 862. The summed E-state index contributed by atoms with van der Waals surface area (Å²) < 4.78 is 4.83. The van der Waals surface area contributed by atoms with E-state index in [1.165, 1.54) is 30.5 Å². The summed E-state index contributed by atoms with van der Waals surface area (Å²) in [5, 5.41) is 4.65. The normalized spacial score (nSPS) is 18.2. The minimum Gasteiger partial charge on any atom is -0.467 e. The second-order valence-corrected chi connectivity index (χ2v) is 6.89. The lowest BCUT2D eigenvalue weighted by Crippen LogP contribution is -2.40. The zero-order valence-corrected chi connectivity index (χ0v) is 15.6. The van der Waals surface area contributed by atoms with E-state index in [0.717, 1.165) is 16.1 Å². The number of methoxy groups -OCH3 is 1. The van der Waals surface area contributed by atoms with Crippen molar-refractivity contribution >= 4 is 28.9 Å². The lowest BCUT2D eigenvalue weighted by molar-refractivity contribution is -0.145. The Kier molecular flexibility index (Phi) is 5.32. The molecule has 1 aromatic heterocycles.